The van der Waals surface area contributed by atoms with E-state index >= 15 is 0 Å². The highest BCUT2D eigenvalue weighted by Gasteiger charge is 2.61. The van der Waals surface area contributed by atoms with Gasteiger partial charge in [0.15, 0.2) is 0 Å². The monoisotopic (exact) mass is 547 g/mol. The molecule has 1 amide bonds. The lowest BCUT2D eigenvalue weighted by atomic mass is 9.52. The summed E-state index contributed by atoms with van der Waals surface area (Å²) in [6, 6.07) is 36.8. The van der Waals surface area contributed by atoms with Gasteiger partial charge in [-0.2, -0.15) is 0 Å². The zero-order valence-corrected chi connectivity index (χ0v) is 23.7. The predicted octanol–water partition coefficient (Wildman–Crippen LogP) is 5.99. The molecule has 0 aromatic heterocycles. The van der Waals surface area contributed by atoms with Crippen LogP contribution in [0.2, 0.25) is 0 Å². The third-order valence-electron chi connectivity index (χ3n) is 9.50. The summed E-state index contributed by atoms with van der Waals surface area (Å²) >= 11 is 0. The van der Waals surface area contributed by atoms with Crippen LogP contribution in [-0.4, -0.2) is 43.2 Å². The first-order chi connectivity index (χ1) is 20.0. The summed E-state index contributed by atoms with van der Waals surface area (Å²) in [5.74, 6) is 1.22. The molecule has 2 fully saturated rings. The Morgan fingerprint density at radius 3 is 1.90 bits per heavy atom. The normalized spacial score (nSPS) is 23.0. The van der Waals surface area contributed by atoms with Crippen LogP contribution in [0, 0.1) is 11.8 Å². The number of fused-ring (bicyclic) bond motifs is 1. The number of aliphatic hydroxyl groups is 1. The molecule has 0 spiro atoms. The van der Waals surface area contributed by atoms with Gasteiger partial charge in [0.1, 0.15) is 11.5 Å². The van der Waals surface area contributed by atoms with E-state index in [2.05, 4.69) is 48.5 Å². The molecule has 1 N–H and O–H groups in total. The van der Waals surface area contributed by atoms with E-state index in [9.17, 15) is 9.90 Å². The van der Waals surface area contributed by atoms with Crippen molar-refractivity contribution >= 4 is 5.91 Å². The largest absolute Gasteiger partial charge is 0.496 e. The van der Waals surface area contributed by atoms with Gasteiger partial charge in [-0.05, 0) is 42.0 Å². The summed E-state index contributed by atoms with van der Waals surface area (Å²) in [5.41, 5.74) is 2.60. The van der Waals surface area contributed by atoms with Crippen LogP contribution < -0.4 is 9.47 Å². The molecule has 6 rings (SSSR count). The first kappa shape index (κ1) is 27.1. The van der Waals surface area contributed by atoms with Gasteiger partial charge in [0.05, 0.1) is 26.2 Å². The number of likely N-dealkylation sites (tertiary alicyclic amines) is 1. The summed E-state index contributed by atoms with van der Waals surface area (Å²) in [5, 5.41) is 12.7. The average Bonchev–Trinajstić information content (AvgIpc) is 3.50. The van der Waals surface area contributed by atoms with Crippen LogP contribution >= 0.6 is 0 Å². The second kappa shape index (κ2) is 11.1. The molecule has 1 aliphatic heterocycles. The van der Waals surface area contributed by atoms with Crippen molar-refractivity contribution in [3.63, 3.8) is 0 Å². The van der Waals surface area contributed by atoms with Gasteiger partial charge in [-0.3, -0.25) is 4.79 Å². The van der Waals surface area contributed by atoms with E-state index in [1.54, 1.807) is 14.2 Å². The first-order valence-electron chi connectivity index (χ1n) is 14.4. The molecule has 1 saturated carbocycles. The molecule has 4 aromatic rings. The molecule has 2 aliphatic rings. The first-order valence-corrected chi connectivity index (χ1v) is 14.4. The number of nitrogens with zero attached hydrogens (tertiary/aromatic N) is 1. The molecule has 3 atom stereocenters. The standard InChI is InChI=1S/C36H37NO4/c1-40-32-19-11-9-13-26(32)23-34(38)37-24-30-31(25-37)36(39,29-18-10-12-20-33(29)41-2)22-21-35(30,27-14-5-3-6-15-27)28-16-7-4-8-17-28/h3-20,30-31,39H,21-25H2,1-2H3/t30-,31+,36+/m0/s1. The number of para-hydroxylation sites is 2. The van der Waals surface area contributed by atoms with Gasteiger partial charge in [0.2, 0.25) is 5.91 Å². The zero-order chi connectivity index (χ0) is 28.5. The van der Waals surface area contributed by atoms with Crippen LogP contribution in [0.25, 0.3) is 0 Å². The van der Waals surface area contributed by atoms with Crippen molar-refractivity contribution in [1.29, 1.82) is 0 Å². The number of carbonyl (C=O) groups is 1. The number of amides is 1. The van der Waals surface area contributed by atoms with Crippen molar-refractivity contribution in [3.05, 3.63) is 131 Å². The number of hydrogen-bond donors (Lipinski definition) is 1. The molecule has 4 aromatic carbocycles. The minimum Gasteiger partial charge on any atom is -0.496 e. The van der Waals surface area contributed by atoms with Crippen LogP contribution in [0.1, 0.15) is 35.1 Å². The number of hydrogen-bond acceptors (Lipinski definition) is 4. The number of benzene rings is 4. The number of rotatable bonds is 7. The van der Waals surface area contributed by atoms with Crippen LogP contribution in [0.3, 0.4) is 0 Å². The molecule has 0 bridgehead atoms. The molecule has 1 aliphatic carbocycles. The third-order valence-corrected chi connectivity index (χ3v) is 9.50. The Bertz CT molecular complexity index is 1470. The topological polar surface area (TPSA) is 59.0 Å². The van der Waals surface area contributed by atoms with E-state index in [0.717, 1.165) is 17.5 Å². The molecule has 1 saturated heterocycles. The third kappa shape index (κ3) is 4.58. The molecule has 1 heterocycles. The summed E-state index contributed by atoms with van der Waals surface area (Å²) < 4.78 is 11.3. The Labute approximate surface area is 242 Å². The van der Waals surface area contributed by atoms with Gasteiger partial charge in [-0.15, -0.1) is 0 Å². The fourth-order valence-corrected chi connectivity index (χ4v) is 7.56. The van der Waals surface area contributed by atoms with E-state index in [1.165, 1.54) is 11.1 Å². The quantitative estimate of drug-likeness (QED) is 0.309. The average molecular weight is 548 g/mol. The smallest absolute Gasteiger partial charge is 0.227 e. The van der Waals surface area contributed by atoms with Gasteiger partial charge in [0.25, 0.3) is 0 Å². The summed E-state index contributed by atoms with van der Waals surface area (Å²) in [6.45, 7) is 1.02. The lowest BCUT2D eigenvalue weighted by Gasteiger charge is -2.53. The number of methoxy groups -OCH3 is 2. The van der Waals surface area contributed by atoms with E-state index in [0.29, 0.717) is 31.0 Å². The minimum absolute atomic E-state index is 0.0161. The minimum atomic E-state index is -1.15. The highest BCUT2D eigenvalue weighted by Crippen LogP contribution is 2.60. The summed E-state index contributed by atoms with van der Waals surface area (Å²) in [4.78, 5) is 15.9. The lowest BCUT2D eigenvalue weighted by Crippen LogP contribution is -2.53. The van der Waals surface area contributed by atoms with Gasteiger partial charge in [-0.1, -0.05) is 97.1 Å². The Balaban J connectivity index is 1.47. The van der Waals surface area contributed by atoms with Crippen molar-refractivity contribution in [2.45, 2.75) is 30.3 Å². The molecular formula is C36H37NO4. The van der Waals surface area contributed by atoms with Crippen molar-refractivity contribution in [1.82, 2.24) is 4.90 Å². The lowest BCUT2D eigenvalue weighted by molar-refractivity contribution is -0.130. The van der Waals surface area contributed by atoms with Crippen molar-refractivity contribution in [2.75, 3.05) is 27.3 Å². The second-order valence-electron chi connectivity index (χ2n) is 11.3. The van der Waals surface area contributed by atoms with E-state index in [1.807, 2.05) is 65.6 Å². The van der Waals surface area contributed by atoms with Crippen molar-refractivity contribution in [3.8, 4) is 11.5 Å². The second-order valence-corrected chi connectivity index (χ2v) is 11.3. The Hall–Kier alpha value is -4.09. The van der Waals surface area contributed by atoms with Gasteiger partial charge < -0.3 is 19.5 Å². The maximum atomic E-state index is 13.9. The highest BCUT2D eigenvalue weighted by atomic mass is 16.5. The predicted molar refractivity (Wildman–Crippen MR) is 160 cm³/mol. The van der Waals surface area contributed by atoms with Crippen molar-refractivity contribution < 1.29 is 19.4 Å². The van der Waals surface area contributed by atoms with E-state index < -0.39 is 5.60 Å². The molecular weight excluding hydrogens is 510 g/mol. The maximum absolute atomic E-state index is 13.9. The fourth-order valence-electron chi connectivity index (χ4n) is 7.56. The Morgan fingerprint density at radius 1 is 0.732 bits per heavy atom. The number of ether oxygens (including phenoxy) is 2. The van der Waals surface area contributed by atoms with Crippen molar-refractivity contribution in [2.24, 2.45) is 11.8 Å². The van der Waals surface area contributed by atoms with Gasteiger partial charge >= 0.3 is 0 Å². The molecule has 0 radical (unpaired) electrons. The molecule has 5 nitrogen and oxygen atoms in total. The van der Waals surface area contributed by atoms with Crippen LogP contribution in [0.5, 0.6) is 11.5 Å². The highest BCUT2D eigenvalue weighted by molar-refractivity contribution is 5.80. The summed E-state index contributed by atoms with van der Waals surface area (Å²) in [6.07, 6.45) is 1.54. The summed E-state index contributed by atoms with van der Waals surface area (Å²) in [7, 11) is 3.29. The van der Waals surface area contributed by atoms with Crippen LogP contribution in [0.15, 0.2) is 109 Å². The van der Waals surface area contributed by atoms with Gasteiger partial charge in [-0.25, -0.2) is 0 Å². The molecule has 5 heteroatoms. The SMILES string of the molecule is COc1ccccc1CC(=O)N1C[C@@H]2[C@H](C1)C(c1ccccc1)(c1ccccc1)CC[C@@]2(O)c1ccccc1OC. The number of carbonyl (C=O) groups excluding carboxylic acids is 1. The van der Waals surface area contributed by atoms with Crippen LogP contribution in [-0.2, 0) is 22.2 Å². The van der Waals surface area contributed by atoms with E-state index in [4.69, 9.17) is 9.47 Å². The van der Waals surface area contributed by atoms with Gasteiger partial charge in [0, 0.05) is 35.5 Å². The van der Waals surface area contributed by atoms with Crippen LogP contribution in [0.4, 0.5) is 0 Å². The molecule has 41 heavy (non-hydrogen) atoms. The maximum Gasteiger partial charge on any atom is 0.227 e. The molecule has 210 valence electrons. The Morgan fingerprint density at radius 2 is 1.27 bits per heavy atom. The molecule has 0 unspecified atom stereocenters. The van der Waals surface area contributed by atoms with E-state index in [-0.39, 0.29) is 29.6 Å². The fraction of sp³-hybridized carbons (Fsp3) is 0.306. The Kier molecular flexibility index (Phi) is 7.31. The zero-order valence-electron chi connectivity index (χ0n) is 23.7.